The third-order valence-corrected chi connectivity index (χ3v) is 2.82. The van der Waals surface area contributed by atoms with Crippen LogP contribution in [-0.4, -0.2) is 7.11 Å². The fraction of sp³-hybridized carbons (Fsp3) is 0.188. The number of nitriles is 1. The van der Waals surface area contributed by atoms with Crippen molar-refractivity contribution in [3.05, 3.63) is 65.2 Å². The van der Waals surface area contributed by atoms with E-state index in [0.29, 0.717) is 18.8 Å². The van der Waals surface area contributed by atoms with Crippen LogP contribution in [0.2, 0.25) is 0 Å². The van der Waals surface area contributed by atoms with Crippen LogP contribution in [0, 0.1) is 11.3 Å². The standard InChI is InChI=1S/C16H15NO2/c1-18-16-8-6-13(7-9-16)11-19-12-15-5-3-2-4-14(15)10-17/h2-9H,11-12H2,1H3. The largest absolute Gasteiger partial charge is 0.497 e. The molecule has 3 nitrogen and oxygen atoms in total. The number of benzene rings is 2. The molecule has 3 heteroatoms. The maximum Gasteiger partial charge on any atom is 0.118 e. The predicted octanol–water partition coefficient (Wildman–Crippen LogP) is 3.28. The molecule has 2 rings (SSSR count). The molecule has 2 aromatic rings. The molecular weight excluding hydrogens is 238 g/mol. The van der Waals surface area contributed by atoms with E-state index in [1.807, 2.05) is 42.5 Å². The second kappa shape index (κ2) is 6.58. The van der Waals surface area contributed by atoms with E-state index in [2.05, 4.69) is 6.07 Å². The third-order valence-electron chi connectivity index (χ3n) is 2.82. The van der Waals surface area contributed by atoms with Gasteiger partial charge in [0.05, 0.1) is 32.0 Å². The number of rotatable bonds is 5. The summed E-state index contributed by atoms with van der Waals surface area (Å²) < 4.78 is 10.7. The van der Waals surface area contributed by atoms with E-state index in [-0.39, 0.29) is 0 Å². The lowest BCUT2D eigenvalue weighted by molar-refractivity contribution is 0.107. The van der Waals surface area contributed by atoms with Gasteiger partial charge in [-0.3, -0.25) is 0 Å². The molecule has 0 fully saturated rings. The normalized spacial score (nSPS) is 9.89. The van der Waals surface area contributed by atoms with Crippen LogP contribution in [0.1, 0.15) is 16.7 Å². The molecule has 0 radical (unpaired) electrons. The van der Waals surface area contributed by atoms with Crippen molar-refractivity contribution in [2.45, 2.75) is 13.2 Å². The zero-order valence-electron chi connectivity index (χ0n) is 10.8. The van der Waals surface area contributed by atoms with Crippen LogP contribution in [-0.2, 0) is 18.0 Å². The molecule has 0 saturated heterocycles. The molecule has 0 N–H and O–H groups in total. The maximum atomic E-state index is 8.97. The SMILES string of the molecule is COc1ccc(COCc2ccccc2C#N)cc1. The van der Waals surface area contributed by atoms with Gasteiger partial charge in [-0.05, 0) is 29.3 Å². The molecule has 0 atom stereocenters. The highest BCUT2D eigenvalue weighted by molar-refractivity contribution is 5.36. The fourth-order valence-corrected chi connectivity index (χ4v) is 1.76. The van der Waals surface area contributed by atoms with E-state index >= 15 is 0 Å². The van der Waals surface area contributed by atoms with Crippen molar-refractivity contribution in [3.8, 4) is 11.8 Å². The van der Waals surface area contributed by atoms with Crippen LogP contribution in [0.5, 0.6) is 5.75 Å². The highest BCUT2D eigenvalue weighted by Crippen LogP contribution is 2.14. The molecule has 0 unspecified atom stereocenters. The van der Waals surface area contributed by atoms with E-state index in [0.717, 1.165) is 16.9 Å². The smallest absolute Gasteiger partial charge is 0.118 e. The first-order valence-corrected chi connectivity index (χ1v) is 6.02. The Morgan fingerprint density at radius 1 is 1.00 bits per heavy atom. The Kier molecular flexibility index (Phi) is 4.54. The molecule has 0 heterocycles. The second-order valence-corrected chi connectivity index (χ2v) is 4.11. The van der Waals surface area contributed by atoms with Gasteiger partial charge in [-0.1, -0.05) is 30.3 Å². The van der Waals surface area contributed by atoms with Gasteiger partial charge in [0, 0.05) is 0 Å². The Morgan fingerprint density at radius 2 is 1.74 bits per heavy atom. The van der Waals surface area contributed by atoms with Gasteiger partial charge in [0.2, 0.25) is 0 Å². The van der Waals surface area contributed by atoms with Gasteiger partial charge in [0.25, 0.3) is 0 Å². The predicted molar refractivity (Wildman–Crippen MR) is 72.6 cm³/mol. The van der Waals surface area contributed by atoms with Gasteiger partial charge < -0.3 is 9.47 Å². The molecule has 96 valence electrons. The highest BCUT2D eigenvalue weighted by atomic mass is 16.5. The molecule has 0 aliphatic heterocycles. The number of hydrogen-bond acceptors (Lipinski definition) is 3. The van der Waals surface area contributed by atoms with E-state index < -0.39 is 0 Å². The van der Waals surface area contributed by atoms with Gasteiger partial charge in [-0.25, -0.2) is 0 Å². The van der Waals surface area contributed by atoms with Crippen molar-refractivity contribution < 1.29 is 9.47 Å². The minimum Gasteiger partial charge on any atom is -0.497 e. The first-order valence-electron chi connectivity index (χ1n) is 6.02. The summed E-state index contributed by atoms with van der Waals surface area (Å²) in [4.78, 5) is 0. The lowest BCUT2D eigenvalue weighted by atomic mass is 10.1. The molecule has 0 spiro atoms. The van der Waals surface area contributed by atoms with Crippen LogP contribution < -0.4 is 4.74 Å². The van der Waals surface area contributed by atoms with E-state index in [1.54, 1.807) is 13.2 Å². The van der Waals surface area contributed by atoms with E-state index in [4.69, 9.17) is 14.7 Å². The summed E-state index contributed by atoms with van der Waals surface area (Å²) in [6.07, 6.45) is 0. The van der Waals surface area contributed by atoms with Crippen LogP contribution >= 0.6 is 0 Å². The Bertz CT molecular complexity index is 570. The summed E-state index contributed by atoms with van der Waals surface area (Å²) in [6.45, 7) is 0.958. The van der Waals surface area contributed by atoms with Gasteiger partial charge in [0.1, 0.15) is 5.75 Å². The summed E-state index contributed by atoms with van der Waals surface area (Å²) >= 11 is 0. The fourth-order valence-electron chi connectivity index (χ4n) is 1.76. The molecule has 0 aromatic heterocycles. The Labute approximate surface area is 113 Å². The van der Waals surface area contributed by atoms with E-state index in [9.17, 15) is 0 Å². The van der Waals surface area contributed by atoms with Crippen molar-refractivity contribution in [1.82, 2.24) is 0 Å². The van der Waals surface area contributed by atoms with Crippen LogP contribution in [0.3, 0.4) is 0 Å². The molecule has 0 bridgehead atoms. The lowest BCUT2D eigenvalue weighted by Gasteiger charge is -2.06. The quantitative estimate of drug-likeness (QED) is 0.821. The van der Waals surface area contributed by atoms with Gasteiger partial charge >= 0.3 is 0 Å². The van der Waals surface area contributed by atoms with Crippen molar-refractivity contribution in [1.29, 1.82) is 5.26 Å². The molecule has 2 aromatic carbocycles. The maximum absolute atomic E-state index is 8.97. The highest BCUT2D eigenvalue weighted by Gasteiger charge is 2.01. The monoisotopic (exact) mass is 253 g/mol. The molecule has 19 heavy (non-hydrogen) atoms. The Hall–Kier alpha value is -2.31. The van der Waals surface area contributed by atoms with Crippen LogP contribution in [0.25, 0.3) is 0 Å². The first kappa shape index (κ1) is 13.1. The number of hydrogen-bond donors (Lipinski definition) is 0. The third kappa shape index (κ3) is 3.57. The number of nitrogens with zero attached hydrogens (tertiary/aromatic N) is 1. The van der Waals surface area contributed by atoms with Crippen molar-refractivity contribution in [2.75, 3.05) is 7.11 Å². The minimum atomic E-state index is 0.440. The van der Waals surface area contributed by atoms with Gasteiger partial charge in [0.15, 0.2) is 0 Å². The first-order chi connectivity index (χ1) is 9.33. The lowest BCUT2D eigenvalue weighted by Crippen LogP contribution is -1.96. The number of methoxy groups -OCH3 is 1. The van der Waals surface area contributed by atoms with E-state index in [1.165, 1.54) is 0 Å². The molecule has 0 aliphatic rings. The van der Waals surface area contributed by atoms with Crippen LogP contribution in [0.15, 0.2) is 48.5 Å². The number of ether oxygens (including phenoxy) is 2. The van der Waals surface area contributed by atoms with Gasteiger partial charge in [-0.15, -0.1) is 0 Å². The van der Waals surface area contributed by atoms with Crippen LogP contribution in [0.4, 0.5) is 0 Å². The Balaban J connectivity index is 1.91. The topological polar surface area (TPSA) is 42.2 Å². The van der Waals surface area contributed by atoms with Crippen molar-refractivity contribution in [2.24, 2.45) is 0 Å². The molecule has 0 aliphatic carbocycles. The zero-order valence-corrected chi connectivity index (χ0v) is 10.8. The summed E-state index contributed by atoms with van der Waals surface area (Å²) in [5, 5.41) is 8.97. The molecule has 0 saturated carbocycles. The summed E-state index contributed by atoms with van der Waals surface area (Å²) in [5.41, 5.74) is 2.66. The molecule has 0 amide bonds. The summed E-state index contributed by atoms with van der Waals surface area (Å²) in [5.74, 6) is 0.832. The summed E-state index contributed by atoms with van der Waals surface area (Å²) in [6, 6.07) is 17.4. The van der Waals surface area contributed by atoms with Crippen molar-refractivity contribution >= 4 is 0 Å². The van der Waals surface area contributed by atoms with Crippen molar-refractivity contribution in [3.63, 3.8) is 0 Å². The molecular formula is C16H15NO2. The zero-order chi connectivity index (χ0) is 13.5. The average molecular weight is 253 g/mol. The Morgan fingerprint density at radius 3 is 2.42 bits per heavy atom. The second-order valence-electron chi connectivity index (χ2n) is 4.11. The van der Waals surface area contributed by atoms with Gasteiger partial charge in [-0.2, -0.15) is 5.26 Å². The summed E-state index contributed by atoms with van der Waals surface area (Å²) in [7, 11) is 1.64. The average Bonchev–Trinajstić information content (AvgIpc) is 2.48. The minimum absolute atomic E-state index is 0.440.